The van der Waals surface area contributed by atoms with E-state index in [-0.39, 0.29) is 11.2 Å². The number of thiol groups is 1. The van der Waals surface area contributed by atoms with Crippen LogP contribution in [0.15, 0.2) is 58.5 Å². The van der Waals surface area contributed by atoms with Gasteiger partial charge < -0.3 is 0 Å². The van der Waals surface area contributed by atoms with E-state index < -0.39 is 0 Å². The molecule has 0 bridgehead atoms. The average molecular weight is 312 g/mol. The van der Waals surface area contributed by atoms with Gasteiger partial charge in [0.1, 0.15) is 0 Å². The van der Waals surface area contributed by atoms with Gasteiger partial charge in [-0.25, -0.2) is 0 Å². The van der Waals surface area contributed by atoms with Crippen molar-refractivity contribution < 1.29 is 4.79 Å². The van der Waals surface area contributed by atoms with Gasteiger partial charge in [0.15, 0.2) is 5.78 Å². The third kappa shape index (κ3) is 4.23. The molecule has 0 radical (unpaired) electrons. The van der Waals surface area contributed by atoms with Crippen LogP contribution in [0, 0.1) is 5.41 Å². The van der Waals surface area contributed by atoms with Crippen molar-refractivity contribution in [3.63, 3.8) is 0 Å². The minimum atomic E-state index is 0.0123. The summed E-state index contributed by atoms with van der Waals surface area (Å²) >= 11 is 4.38. The van der Waals surface area contributed by atoms with E-state index in [9.17, 15) is 4.79 Å². The van der Waals surface area contributed by atoms with Gasteiger partial charge in [0.05, 0.1) is 0 Å². The van der Waals surface area contributed by atoms with Gasteiger partial charge in [-0.3, -0.25) is 4.79 Å². The second-order valence-electron chi connectivity index (χ2n) is 6.56. The standard InChI is InChI=1S/C20H24OS/c1-15-7-6-14-20(2,3)18(15)13-12-17(21)11-10-16-8-4-5-9-19(16)22/h4-5,8-13,22H,6-7,14H2,1-3H3. The van der Waals surface area contributed by atoms with E-state index in [1.165, 1.54) is 24.0 Å². The third-order valence-electron chi connectivity index (χ3n) is 4.32. The van der Waals surface area contributed by atoms with E-state index in [0.29, 0.717) is 0 Å². The fourth-order valence-electron chi connectivity index (χ4n) is 3.03. The van der Waals surface area contributed by atoms with Crippen molar-refractivity contribution in [2.24, 2.45) is 5.41 Å². The second kappa shape index (κ2) is 7.15. The molecule has 0 atom stereocenters. The number of hydrogen-bond donors (Lipinski definition) is 1. The highest BCUT2D eigenvalue weighted by atomic mass is 32.1. The first-order valence-corrected chi connectivity index (χ1v) is 8.23. The van der Waals surface area contributed by atoms with Crippen molar-refractivity contribution in [3.05, 3.63) is 59.2 Å². The highest BCUT2D eigenvalue weighted by Crippen LogP contribution is 2.40. The largest absolute Gasteiger partial charge is 0.290 e. The molecule has 1 nitrogen and oxygen atoms in total. The van der Waals surface area contributed by atoms with Crippen LogP contribution in [0.2, 0.25) is 0 Å². The maximum Gasteiger partial charge on any atom is 0.178 e. The molecule has 0 heterocycles. The van der Waals surface area contributed by atoms with E-state index in [4.69, 9.17) is 0 Å². The molecule has 0 amide bonds. The van der Waals surface area contributed by atoms with Crippen LogP contribution in [-0.4, -0.2) is 5.78 Å². The Balaban J connectivity index is 2.10. The SMILES string of the molecule is CC1=C(C=CC(=O)C=Cc2ccccc2S)C(C)(C)CCC1. The molecule has 2 heteroatoms. The molecule has 0 N–H and O–H groups in total. The molecule has 1 aliphatic carbocycles. The van der Waals surface area contributed by atoms with Gasteiger partial charge in [-0.1, -0.05) is 43.7 Å². The van der Waals surface area contributed by atoms with Gasteiger partial charge in [-0.05, 0) is 67.0 Å². The van der Waals surface area contributed by atoms with Crippen LogP contribution < -0.4 is 0 Å². The summed E-state index contributed by atoms with van der Waals surface area (Å²) in [6, 6.07) is 7.74. The zero-order valence-corrected chi connectivity index (χ0v) is 14.5. The van der Waals surface area contributed by atoms with E-state index in [1.54, 1.807) is 12.2 Å². The number of allylic oxidation sites excluding steroid dienone is 5. The number of rotatable bonds is 4. The van der Waals surface area contributed by atoms with Gasteiger partial charge >= 0.3 is 0 Å². The van der Waals surface area contributed by atoms with E-state index in [1.807, 2.05) is 36.4 Å². The van der Waals surface area contributed by atoms with Crippen molar-refractivity contribution in [3.8, 4) is 0 Å². The lowest BCUT2D eigenvalue weighted by Crippen LogP contribution is -2.19. The number of ketones is 1. The van der Waals surface area contributed by atoms with E-state index in [0.717, 1.165) is 16.9 Å². The van der Waals surface area contributed by atoms with Crippen LogP contribution >= 0.6 is 12.6 Å². The van der Waals surface area contributed by atoms with Gasteiger partial charge in [-0.15, -0.1) is 12.6 Å². The molecule has 0 fully saturated rings. The van der Waals surface area contributed by atoms with Gasteiger partial charge in [0, 0.05) is 4.90 Å². The highest BCUT2D eigenvalue weighted by molar-refractivity contribution is 7.80. The minimum Gasteiger partial charge on any atom is -0.290 e. The van der Waals surface area contributed by atoms with Crippen molar-refractivity contribution >= 4 is 24.5 Å². The lowest BCUT2D eigenvalue weighted by molar-refractivity contribution is -0.110. The maximum absolute atomic E-state index is 12.1. The predicted octanol–water partition coefficient (Wildman–Crippen LogP) is 5.64. The summed E-state index contributed by atoms with van der Waals surface area (Å²) in [5.74, 6) is 0.0123. The van der Waals surface area contributed by atoms with Crippen molar-refractivity contribution in [1.29, 1.82) is 0 Å². The average Bonchev–Trinajstić information content (AvgIpc) is 2.45. The Labute approximate surface area is 139 Å². The van der Waals surface area contributed by atoms with Crippen LogP contribution in [0.4, 0.5) is 0 Å². The molecule has 1 aliphatic rings. The monoisotopic (exact) mass is 312 g/mol. The molecule has 22 heavy (non-hydrogen) atoms. The first-order valence-electron chi connectivity index (χ1n) is 7.78. The quantitative estimate of drug-likeness (QED) is 0.562. The molecule has 0 aliphatic heterocycles. The molecule has 2 rings (SSSR count). The maximum atomic E-state index is 12.1. The lowest BCUT2D eigenvalue weighted by atomic mass is 9.72. The number of benzene rings is 1. The molecule has 0 aromatic heterocycles. The number of carbonyl (C=O) groups excluding carboxylic acids is 1. The van der Waals surface area contributed by atoms with Gasteiger partial charge in [0.25, 0.3) is 0 Å². The molecule has 0 spiro atoms. The molecule has 0 unspecified atom stereocenters. The normalized spacial score (nSPS) is 18.4. The van der Waals surface area contributed by atoms with Crippen LogP contribution in [0.5, 0.6) is 0 Å². The van der Waals surface area contributed by atoms with Gasteiger partial charge in [-0.2, -0.15) is 0 Å². The Morgan fingerprint density at radius 2 is 1.86 bits per heavy atom. The Hall–Kier alpha value is -1.54. The summed E-state index contributed by atoms with van der Waals surface area (Å²) < 4.78 is 0. The smallest absolute Gasteiger partial charge is 0.178 e. The van der Waals surface area contributed by atoms with Crippen LogP contribution in [0.3, 0.4) is 0 Å². The minimum absolute atomic E-state index is 0.0123. The van der Waals surface area contributed by atoms with Crippen LogP contribution in [-0.2, 0) is 4.79 Å². The Morgan fingerprint density at radius 3 is 2.55 bits per heavy atom. The fraction of sp³-hybridized carbons (Fsp3) is 0.350. The van der Waals surface area contributed by atoms with Gasteiger partial charge in [0.2, 0.25) is 0 Å². The predicted molar refractivity (Wildman–Crippen MR) is 97.2 cm³/mol. The molecule has 0 saturated heterocycles. The molecule has 116 valence electrons. The summed E-state index contributed by atoms with van der Waals surface area (Å²) in [5, 5.41) is 0. The topological polar surface area (TPSA) is 17.1 Å². The van der Waals surface area contributed by atoms with E-state index in [2.05, 4.69) is 33.4 Å². The molecular weight excluding hydrogens is 288 g/mol. The van der Waals surface area contributed by atoms with Crippen molar-refractivity contribution in [1.82, 2.24) is 0 Å². The number of hydrogen-bond acceptors (Lipinski definition) is 2. The van der Waals surface area contributed by atoms with Crippen molar-refractivity contribution in [2.75, 3.05) is 0 Å². The van der Waals surface area contributed by atoms with E-state index >= 15 is 0 Å². The summed E-state index contributed by atoms with van der Waals surface area (Å²) in [6.07, 6.45) is 10.7. The summed E-state index contributed by atoms with van der Waals surface area (Å²) in [6.45, 7) is 6.69. The second-order valence-corrected chi connectivity index (χ2v) is 7.04. The summed E-state index contributed by atoms with van der Waals surface area (Å²) in [5.41, 5.74) is 3.85. The third-order valence-corrected chi connectivity index (χ3v) is 4.73. The Bertz CT molecular complexity index is 647. The van der Waals surface area contributed by atoms with Crippen molar-refractivity contribution in [2.45, 2.75) is 44.9 Å². The summed E-state index contributed by atoms with van der Waals surface area (Å²) in [4.78, 5) is 12.9. The number of carbonyl (C=O) groups is 1. The lowest BCUT2D eigenvalue weighted by Gasteiger charge is -2.32. The Morgan fingerprint density at radius 1 is 1.18 bits per heavy atom. The fourth-order valence-corrected chi connectivity index (χ4v) is 3.27. The first-order chi connectivity index (χ1) is 10.4. The molecule has 0 saturated carbocycles. The zero-order chi connectivity index (χ0) is 16.2. The van der Waals surface area contributed by atoms with Crippen LogP contribution in [0.25, 0.3) is 6.08 Å². The summed E-state index contributed by atoms with van der Waals surface area (Å²) in [7, 11) is 0. The highest BCUT2D eigenvalue weighted by Gasteiger charge is 2.26. The molecule has 1 aromatic carbocycles. The Kier molecular flexibility index (Phi) is 5.47. The first kappa shape index (κ1) is 16.8. The molecule has 1 aromatic rings. The molecular formula is C20H24OS. The van der Waals surface area contributed by atoms with Crippen LogP contribution in [0.1, 0.15) is 45.6 Å². The zero-order valence-electron chi connectivity index (χ0n) is 13.6.